The van der Waals surface area contributed by atoms with Crippen LogP contribution in [0, 0.1) is 6.92 Å². The molecule has 3 aromatic rings. The third kappa shape index (κ3) is 4.44. The molecule has 3 rings (SSSR count). The van der Waals surface area contributed by atoms with E-state index >= 15 is 0 Å². The number of imidazole rings is 1. The Morgan fingerprint density at radius 2 is 1.92 bits per heavy atom. The Hall–Kier alpha value is -2.24. The summed E-state index contributed by atoms with van der Waals surface area (Å²) in [6.07, 6.45) is 1.76. The van der Waals surface area contributed by atoms with Gasteiger partial charge in [-0.05, 0) is 43.2 Å². The molecule has 0 aliphatic carbocycles. The SMILES string of the molecule is Cc1ccccc1NC(=O)[C@H](C)Sc1ncc(-c2ccc(Cl)cc2)[nH]1. The number of halogens is 1. The molecular formula is C19H18ClN3OS. The third-order valence-electron chi connectivity index (χ3n) is 3.77. The first-order valence-corrected chi connectivity index (χ1v) is 9.13. The summed E-state index contributed by atoms with van der Waals surface area (Å²) in [4.78, 5) is 20.0. The summed E-state index contributed by atoms with van der Waals surface area (Å²) >= 11 is 7.30. The van der Waals surface area contributed by atoms with Gasteiger partial charge in [0.05, 0.1) is 17.1 Å². The molecule has 1 amide bonds. The van der Waals surface area contributed by atoms with Crippen molar-refractivity contribution in [3.63, 3.8) is 0 Å². The van der Waals surface area contributed by atoms with Crippen LogP contribution < -0.4 is 5.32 Å². The van der Waals surface area contributed by atoms with E-state index in [2.05, 4.69) is 15.3 Å². The van der Waals surface area contributed by atoms with Crippen LogP contribution in [-0.4, -0.2) is 21.1 Å². The predicted octanol–water partition coefficient (Wildman–Crippen LogP) is 5.16. The zero-order chi connectivity index (χ0) is 17.8. The first-order valence-electron chi connectivity index (χ1n) is 7.87. The van der Waals surface area contributed by atoms with Gasteiger partial charge in [0.2, 0.25) is 5.91 Å². The number of H-pyrrole nitrogens is 1. The summed E-state index contributed by atoms with van der Waals surface area (Å²) in [5.74, 6) is -0.0521. The fourth-order valence-electron chi connectivity index (χ4n) is 2.31. The Balaban J connectivity index is 1.65. The maximum Gasteiger partial charge on any atom is 0.237 e. The van der Waals surface area contributed by atoms with Crippen molar-refractivity contribution in [2.45, 2.75) is 24.3 Å². The van der Waals surface area contributed by atoms with Crippen molar-refractivity contribution in [3.05, 3.63) is 65.3 Å². The fourth-order valence-corrected chi connectivity index (χ4v) is 3.22. The summed E-state index contributed by atoms with van der Waals surface area (Å²) < 4.78 is 0. The van der Waals surface area contributed by atoms with Crippen LogP contribution in [0.15, 0.2) is 59.9 Å². The molecule has 0 aliphatic heterocycles. The molecule has 128 valence electrons. The van der Waals surface area contributed by atoms with Crippen LogP contribution in [0.3, 0.4) is 0 Å². The number of carbonyl (C=O) groups excluding carboxylic acids is 1. The number of nitrogens with zero attached hydrogens (tertiary/aromatic N) is 1. The lowest BCUT2D eigenvalue weighted by Crippen LogP contribution is -2.22. The van der Waals surface area contributed by atoms with Gasteiger partial charge in [0.1, 0.15) is 0 Å². The maximum absolute atomic E-state index is 12.4. The number of aromatic amines is 1. The topological polar surface area (TPSA) is 57.8 Å². The van der Waals surface area contributed by atoms with E-state index in [0.29, 0.717) is 10.2 Å². The summed E-state index contributed by atoms with van der Waals surface area (Å²) in [5.41, 5.74) is 3.77. The lowest BCUT2D eigenvalue weighted by molar-refractivity contribution is -0.115. The van der Waals surface area contributed by atoms with Gasteiger partial charge in [0.15, 0.2) is 5.16 Å². The lowest BCUT2D eigenvalue weighted by atomic mass is 10.2. The molecule has 0 spiro atoms. The number of hydrogen-bond acceptors (Lipinski definition) is 3. The number of amides is 1. The molecule has 2 N–H and O–H groups in total. The summed E-state index contributed by atoms with van der Waals surface area (Å²) in [5, 5.41) is 4.08. The van der Waals surface area contributed by atoms with Crippen LogP contribution in [0.1, 0.15) is 12.5 Å². The van der Waals surface area contributed by atoms with E-state index in [1.807, 2.05) is 62.4 Å². The highest BCUT2D eigenvalue weighted by Crippen LogP contribution is 2.26. The molecule has 0 radical (unpaired) electrons. The van der Waals surface area contributed by atoms with Gasteiger partial charge in [-0.1, -0.05) is 53.7 Å². The molecule has 0 saturated heterocycles. The summed E-state index contributed by atoms with van der Waals surface area (Å²) in [7, 11) is 0. The number of anilines is 1. The second kappa shape index (κ2) is 7.76. The smallest absolute Gasteiger partial charge is 0.237 e. The van der Waals surface area contributed by atoms with E-state index in [4.69, 9.17) is 11.6 Å². The Morgan fingerprint density at radius 1 is 1.20 bits per heavy atom. The molecule has 0 unspecified atom stereocenters. The maximum atomic E-state index is 12.4. The van der Waals surface area contributed by atoms with Crippen molar-refractivity contribution >= 4 is 35.0 Å². The minimum atomic E-state index is -0.274. The number of nitrogens with one attached hydrogen (secondary N) is 2. The summed E-state index contributed by atoms with van der Waals surface area (Å²) in [6.45, 7) is 3.83. The lowest BCUT2D eigenvalue weighted by Gasteiger charge is -2.12. The van der Waals surface area contributed by atoms with Crippen molar-refractivity contribution in [2.75, 3.05) is 5.32 Å². The second-order valence-electron chi connectivity index (χ2n) is 5.67. The van der Waals surface area contributed by atoms with Crippen molar-refractivity contribution in [2.24, 2.45) is 0 Å². The first-order chi connectivity index (χ1) is 12.0. The van der Waals surface area contributed by atoms with Gasteiger partial charge in [-0.25, -0.2) is 4.98 Å². The highest BCUT2D eigenvalue weighted by atomic mass is 35.5. The van der Waals surface area contributed by atoms with Crippen LogP contribution >= 0.6 is 23.4 Å². The van der Waals surface area contributed by atoms with Gasteiger partial charge in [0.25, 0.3) is 0 Å². The molecule has 2 aromatic carbocycles. The van der Waals surface area contributed by atoms with E-state index in [9.17, 15) is 4.79 Å². The molecule has 1 heterocycles. The Kier molecular flexibility index (Phi) is 5.46. The van der Waals surface area contributed by atoms with Crippen molar-refractivity contribution in [3.8, 4) is 11.3 Å². The van der Waals surface area contributed by atoms with Crippen molar-refractivity contribution in [1.82, 2.24) is 9.97 Å². The largest absolute Gasteiger partial charge is 0.333 e. The number of rotatable bonds is 5. The Labute approximate surface area is 156 Å². The van der Waals surface area contributed by atoms with E-state index in [0.717, 1.165) is 22.5 Å². The molecule has 1 atom stereocenters. The van der Waals surface area contributed by atoms with Crippen LogP contribution in [0.5, 0.6) is 0 Å². The van der Waals surface area contributed by atoms with E-state index in [-0.39, 0.29) is 11.2 Å². The average Bonchev–Trinajstić information content (AvgIpc) is 3.06. The van der Waals surface area contributed by atoms with E-state index in [1.165, 1.54) is 11.8 Å². The van der Waals surface area contributed by atoms with Gasteiger partial charge in [-0.15, -0.1) is 0 Å². The highest BCUT2D eigenvalue weighted by molar-refractivity contribution is 8.00. The van der Waals surface area contributed by atoms with Gasteiger partial charge in [-0.3, -0.25) is 4.79 Å². The number of aromatic nitrogens is 2. The number of carbonyl (C=O) groups is 1. The van der Waals surface area contributed by atoms with Crippen molar-refractivity contribution in [1.29, 1.82) is 0 Å². The Bertz CT molecular complexity index is 876. The minimum Gasteiger partial charge on any atom is -0.333 e. The number of benzene rings is 2. The molecule has 0 bridgehead atoms. The molecule has 0 aliphatic rings. The first kappa shape index (κ1) is 17.6. The second-order valence-corrected chi connectivity index (χ2v) is 7.44. The van der Waals surface area contributed by atoms with Gasteiger partial charge in [0, 0.05) is 10.7 Å². The van der Waals surface area contributed by atoms with E-state index in [1.54, 1.807) is 6.20 Å². The van der Waals surface area contributed by atoms with Crippen LogP contribution in [0.4, 0.5) is 5.69 Å². The van der Waals surface area contributed by atoms with Crippen LogP contribution in [-0.2, 0) is 4.79 Å². The predicted molar refractivity (Wildman–Crippen MR) is 104 cm³/mol. The molecule has 25 heavy (non-hydrogen) atoms. The quantitative estimate of drug-likeness (QED) is 0.609. The number of para-hydroxylation sites is 1. The average molecular weight is 372 g/mol. The normalized spacial score (nSPS) is 12.0. The monoisotopic (exact) mass is 371 g/mol. The van der Waals surface area contributed by atoms with E-state index < -0.39 is 0 Å². The van der Waals surface area contributed by atoms with Gasteiger partial charge in [-0.2, -0.15) is 0 Å². The molecule has 0 saturated carbocycles. The fraction of sp³-hybridized carbons (Fsp3) is 0.158. The molecule has 6 heteroatoms. The minimum absolute atomic E-state index is 0.0521. The number of hydrogen-bond donors (Lipinski definition) is 2. The van der Waals surface area contributed by atoms with Gasteiger partial charge >= 0.3 is 0 Å². The van der Waals surface area contributed by atoms with Crippen molar-refractivity contribution < 1.29 is 4.79 Å². The molecule has 4 nitrogen and oxygen atoms in total. The molecule has 1 aromatic heterocycles. The number of aryl methyl sites for hydroxylation is 1. The zero-order valence-electron chi connectivity index (χ0n) is 13.9. The zero-order valence-corrected chi connectivity index (χ0v) is 15.5. The standard InChI is InChI=1S/C19H18ClN3OS/c1-12-5-3-4-6-16(12)22-18(24)13(2)25-19-21-11-17(23-19)14-7-9-15(20)10-8-14/h3-11,13H,1-2H3,(H,21,23)(H,22,24)/t13-/m0/s1. The van der Waals surface area contributed by atoms with Crippen LogP contribution in [0.2, 0.25) is 5.02 Å². The molecule has 0 fully saturated rings. The van der Waals surface area contributed by atoms with Gasteiger partial charge < -0.3 is 10.3 Å². The third-order valence-corrected chi connectivity index (χ3v) is 5.02. The number of thioether (sulfide) groups is 1. The summed E-state index contributed by atoms with van der Waals surface area (Å²) in [6, 6.07) is 15.3. The Morgan fingerprint density at radius 3 is 2.64 bits per heavy atom. The molecular weight excluding hydrogens is 354 g/mol. The van der Waals surface area contributed by atoms with Crippen LogP contribution in [0.25, 0.3) is 11.3 Å². The highest BCUT2D eigenvalue weighted by Gasteiger charge is 2.17.